The summed E-state index contributed by atoms with van der Waals surface area (Å²) in [5, 5.41) is 4.60. The Morgan fingerprint density at radius 1 is 1.63 bits per heavy atom. The molecule has 0 saturated carbocycles. The minimum absolute atomic E-state index is 0.189. The number of ether oxygens (including phenoxy) is 1. The van der Waals surface area contributed by atoms with Crippen molar-refractivity contribution in [2.24, 2.45) is 0 Å². The Bertz CT molecular complexity index is 582. The molecule has 19 heavy (non-hydrogen) atoms. The van der Waals surface area contributed by atoms with Gasteiger partial charge in [-0.05, 0) is 0 Å². The van der Waals surface area contributed by atoms with Crippen LogP contribution >= 0.6 is 11.6 Å². The van der Waals surface area contributed by atoms with Gasteiger partial charge in [0.25, 0.3) is 5.56 Å². The maximum absolute atomic E-state index is 11.8. The highest BCUT2D eigenvalue weighted by Crippen LogP contribution is 2.16. The molecule has 6 nitrogen and oxygen atoms in total. The van der Waals surface area contributed by atoms with Gasteiger partial charge >= 0.3 is 6.09 Å². The number of halogens is 1. The predicted molar refractivity (Wildman–Crippen MR) is 70.0 cm³/mol. The van der Waals surface area contributed by atoms with Gasteiger partial charge in [-0.2, -0.15) is 5.10 Å². The van der Waals surface area contributed by atoms with E-state index in [0.29, 0.717) is 24.5 Å². The Hall–Kier alpha value is -1.82. The summed E-state index contributed by atoms with van der Waals surface area (Å²) in [6, 6.07) is 1.48. The molecule has 1 aromatic rings. The van der Waals surface area contributed by atoms with Gasteiger partial charge in [-0.25, -0.2) is 9.48 Å². The summed E-state index contributed by atoms with van der Waals surface area (Å²) in [6.07, 6.45) is 0.184. The molecule has 0 atom stereocenters. The van der Waals surface area contributed by atoms with Gasteiger partial charge in [0, 0.05) is 29.6 Å². The molecule has 102 valence electrons. The Labute approximate surface area is 115 Å². The van der Waals surface area contributed by atoms with Crippen LogP contribution in [-0.2, 0) is 24.2 Å². The van der Waals surface area contributed by atoms with Gasteiger partial charge in [-0.3, -0.25) is 4.79 Å². The van der Waals surface area contributed by atoms with E-state index in [-0.39, 0.29) is 12.1 Å². The van der Waals surface area contributed by atoms with Crippen molar-refractivity contribution in [2.45, 2.75) is 19.5 Å². The summed E-state index contributed by atoms with van der Waals surface area (Å²) < 4.78 is 5.95. The molecule has 0 unspecified atom stereocenters. The lowest BCUT2D eigenvalue weighted by atomic mass is 10.1. The molecule has 0 saturated heterocycles. The second-order valence-corrected chi connectivity index (χ2v) is 4.81. The number of carbonyl (C=O) groups is 1. The van der Waals surface area contributed by atoms with Gasteiger partial charge in [0.1, 0.15) is 0 Å². The third kappa shape index (κ3) is 2.96. The minimum Gasteiger partial charge on any atom is -0.453 e. The van der Waals surface area contributed by atoms with E-state index in [1.54, 1.807) is 0 Å². The fraction of sp³-hybridized carbons (Fsp3) is 0.417. The number of methoxy groups -OCH3 is 1. The van der Waals surface area contributed by atoms with Crippen LogP contribution in [0.3, 0.4) is 0 Å². The van der Waals surface area contributed by atoms with Crippen LogP contribution in [0.5, 0.6) is 0 Å². The molecule has 1 aromatic heterocycles. The topological polar surface area (TPSA) is 64.4 Å². The van der Waals surface area contributed by atoms with Crippen LogP contribution in [0, 0.1) is 0 Å². The van der Waals surface area contributed by atoms with Crippen molar-refractivity contribution in [3.8, 4) is 0 Å². The van der Waals surface area contributed by atoms with Gasteiger partial charge in [0.05, 0.1) is 25.9 Å². The Balaban J connectivity index is 2.28. The zero-order chi connectivity index (χ0) is 14.0. The van der Waals surface area contributed by atoms with Crippen molar-refractivity contribution >= 4 is 17.7 Å². The summed E-state index contributed by atoms with van der Waals surface area (Å²) in [6.45, 7) is 4.60. The number of rotatable bonds is 2. The summed E-state index contributed by atoms with van der Waals surface area (Å²) in [5.41, 5.74) is 1.29. The van der Waals surface area contributed by atoms with Gasteiger partial charge in [0.15, 0.2) is 0 Å². The maximum Gasteiger partial charge on any atom is 0.409 e. The van der Waals surface area contributed by atoms with E-state index < -0.39 is 6.09 Å². The molecular weight excluding hydrogens is 270 g/mol. The van der Waals surface area contributed by atoms with Crippen LogP contribution in [0.25, 0.3) is 0 Å². The number of aromatic nitrogens is 2. The first-order valence-electron chi connectivity index (χ1n) is 5.77. The first-order chi connectivity index (χ1) is 9.01. The molecule has 1 aliphatic rings. The smallest absolute Gasteiger partial charge is 0.409 e. The van der Waals surface area contributed by atoms with Gasteiger partial charge in [-0.1, -0.05) is 18.2 Å². The standard InChI is InChI=1S/C12H14ClN3O3/c1-8(13)6-16-11(17)5-9-7-15(12(18)19-2)4-3-10(9)14-16/h5H,1,3-4,6-7H2,2H3. The number of hydrogen-bond donors (Lipinski definition) is 0. The Morgan fingerprint density at radius 2 is 2.37 bits per heavy atom. The minimum atomic E-state index is -0.399. The van der Waals surface area contributed by atoms with Crippen molar-refractivity contribution in [3.05, 3.63) is 39.3 Å². The summed E-state index contributed by atoms with van der Waals surface area (Å²) in [4.78, 5) is 24.8. The highest BCUT2D eigenvalue weighted by atomic mass is 35.5. The molecule has 0 aliphatic carbocycles. The van der Waals surface area contributed by atoms with Gasteiger partial charge < -0.3 is 9.64 Å². The predicted octanol–water partition coefficient (Wildman–Crippen LogP) is 1.12. The maximum atomic E-state index is 11.8. The van der Waals surface area contributed by atoms with Crippen LogP contribution in [0.15, 0.2) is 22.5 Å². The number of allylic oxidation sites excluding steroid dienone is 1. The number of nitrogens with zero attached hydrogens (tertiary/aromatic N) is 3. The normalized spacial score (nSPS) is 13.9. The number of amides is 1. The second kappa shape index (κ2) is 5.44. The van der Waals surface area contributed by atoms with Gasteiger partial charge in [-0.15, -0.1) is 0 Å². The van der Waals surface area contributed by atoms with Crippen LogP contribution in [0.2, 0.25) is 0 Å². The molecule has 0 spiro atoms. The van der Waals surface area contributed by atoms with Crippen LogP contribution in [0.1, 0.15) is 11.3 Å². The fourth-order valence-corrected chi connectivity index (χ4v) is 2.11. The van der Waals surface area contributed by atoms with E-state index in [1.165, 1.54) is 22.8 Å². The molecule has 0 aromatic carbocycles. The zero-order valence-electron chi connectivity index (χ0n) is 10.6. The van der Waals surface area contributed by atoms with Crippen molar-refractivity contribution in [1.82, 2.24) is 14.7 Å². The largest absolute Gasteiger partial charge is 0.453 e. The summed E-state index contributed by atoms with van der Waals surface area (Å²) in [5.74, 6) is 0. The molecule has 7 heteroatoms. The lowest BCUT2D eigenvalue weighted by molar-refractivity contribution is 0.118. The number of carbonyl (C=O) groups excluding carboxylic acids is 1. The van der Waals surface area contributed by atoms with Crippen molar-refractivity contribution in [3.63, 3.8) is 0 Å². The molecule has 2 rings (SSSR count). The number of fused-ring (bicyclic) bond motifs is 1. The monoisotopic (exact) mass is 283 g/mol. The average molecular weight is 284 g/mol. The van der Waals surface area contributed by atoms with Gasteiger partial charge in [0.2, 0.25) is 0 Å². The molecule has 1 amide bonds. The molecule has 2 heterocycles. The van der Waals surface area contributed by atoms with E-state index in [0.717, 1.165) is 11.3 Å². The molecular formula is C12H14ClN3O3. The molecule has 0 radical (unpaired) electrons. The van der Waals surface area contributed by atoms with Crippen LogP contribution < -0.4 is 5.56 Å². The highest BCUT2D eigenvalue weighted by Gasteiger charge is 2.23. The highest BCUT2D eigenvalue weighted by molar-refractivity contribution is 6.29. The van der Waals surface area contributed by atoms with Crippen LogP contribution in [-0.4, -0.2) is 34.4 Å². The van der Waals surface area contributed by atoms with Crippen molar-refractivity contribution in [1.29, 1.82) is 0 Å². The lowest BCUT2D eigenvalue weighted by Crippen LogP contribution is -2.38. The number of hydrogen-bond acceptors (Lipinski definition) is 4. The van der Waals surface area contributed by atoms with E-state index in [2.05, 4.69) is 16.4 Å². The fourth-order valence-electron chi connectivity index (χ4n) is 2.00. The van der Waals surface area contributed by atoms with Crippen LogP contribution in [0.4, 0.5) is 4.79 Å². The van der Waals surface area contributed by atoms with E-state index in [4.69, 9.17) is 11.6 Å². The summed E-state index contributed by atoms with van der Waals surface area (Å²) >= 11 is 5.69. The molecule has 0 N–H and O–H groups in total. The first-order valence-corrected chi connectivity index (χ1v) is 6.15. The first kappa shape index (κ1) is 13.6. The molecule has 0 bridgehead atoms. The molecule has 0 fully saturated rings. The SMILES string of the molecule is C=C(Cl)Cn1nc2c(cc1=O)CN(C(=O)OC)CC2. The zero-order valence-corrected chi connectivity index (χ0v) is 11.3. The average Bonchev–Trinajstić information content (AvgIpc) is 2.37. The van der Waals surface area contributed by atoms with Crippen molar-refractivity contribution in [2.75, 3.05) is 13.7 Å². The van der Waals surface area contributed by atoms with E-state index in [1.807, 2.05) is 0 Å². The Kier molecular flexibility index (Phi) is 3.90. The summed E-state index contributed by atoms with van der Waals surface area (Å²) in [7, 11) is 1.33. The van der Waals surface area contributed by atoms with E-state index in [9.17, 15) is 9.59 Å². The third-order valence-electron chi connectivity index (χ3n) is 2.90. The lowest BCUT2D eigenvalue weighted by Gasteiger charge is -2.27. The second-order valence-electron chi connectivity index (χ2n) is 4.27. The van der Waals surface area contributed by atoms with Crippen molar-refractivity contribution < 1.29 is 9.53 Å². The quantitative estimate of drug-likeness (QED) is 0.816. The van der Waals surface area contributed by atoms with E-state index >= 15 is 0 Å². The Morgan fingerprint density at radius 3 is 3.00 bits per heavy atom. The third-order valence-corrected chi connectivity index (χ3v) is 3.02. The molecule has 1 aliphatic heterocycles.